The average molecular weight is 288 g/mol. The van der Waals surface area contributed by atoms with Crippen LogP contribution in [0.1, 0.15) is 37.6 Å². The summed E-state index contributed by atoms with van der Waals surface area (Å²) in [6, 6.07) is 5.72. The van der Waals surface area contributed by atoms with Gasteiger partial charge in [-0.1, -0.05) is 12.1 Å². The first kappa shape index (κ1) is 13.9. The van der Waals surface area contributed by atoms with Gasteiger partial charge in [0.05, 0.1) is 13.2 Å². The second kappa shape index (κ2) is 5.41. The van der Waals surface area contributed by atoms with Crippen molar-refractivity contribution in [3.05, 3.63) is 29.5 Å². The molecule has 0 saturated carbocycles. The Bertz CT molecular complexity index is 651. The summed E-state index contributed by atoms with van der Waals surface area (Å²) >= 11 is 0. The fourth-order valence-electron chi connectivity index (χ4n) is 2.60. The van der Waals surface area contributed by atoms with Gasteiger partial charge in [0.2, 0.25) is 0 Å². The first-order valence-electron chi connectivity index (χ1n) is 7.22. The molecule has 0 amide bonds. The number of hydrogen-bond donors (Lipinski definition) is 1. The number of methoxy groups -OCH3 is 1. The largest absolute Gasteiger partial charge is 0.496 e. The molecule has 0 spiro atoms. The Balaban J connectivity index is 2.02. The molecule has 2 unspecified atom stereocenters. The van der Waals surface area contributed by atoms with Crippen LogP contribution in [-0.4, -0.2) is 18.4 Å². The lowest BCUT2D eigenvalue weighted by Gasteiger charge is -2.08. The third-order valence-electron chi connectivity index (χ3n) is 3.83. The molecule has 1 aromatic heterocycles. The molecule has 2 aromatic rings. The molecule has 2 atom stereocenters. The van der Waals surface area contributed by atoms with Gasteiger partial charge in [0, 0.05) is 23.6 Å². The Morgan fingerprint density at radius 3 is 2.95 bits per heavy atom. The molecule has 0 radical (unpaired) electrons. The van der Waals surface area contributed by atoms with Crippen molar-refractivity contribution < 1.29 is 14.0 Å². The van der Waals surface area contributed by atoms with Crippen molar-refractivity contribution in [1.29, 1.82) is 0 Å². The average Bonchev–Trinajstić information content (AvgIpc) is 3.09. The van der Waals surface area contributed by atoms with Crippen LogP contribution < -0.4 is 15.2 Å². The van der Waals surface area contributed by atoms with Gasteiger partial charge in [-0.05, 0) is 25.5 Å². The molecule has 0 aliphatic carbocycles. The maximum Gasteiger partial charge on any atom is 0.154 e. The molecular weight excluding hydrogens is 268 g/mol. The van der Waals surface area contributed by atoms with Crippen molar-refractivity contribution >= 4 is 0 Å². The minimum Gasteiger partial charge on any atom is -0.496 e. The molecule has 0 fully saturated rings. The molecule has 1 aliphatic rings. The highest BCUT2D eigenvalue weighted by molar-refractivity contribution is 5.71. The number of benzene rings is 1. The molecule has 1 aliphatic heterocycles. The summed E-state index contributed by atoms with van der Waals surface area (Å²) in [7, 11) is 1.66. The zero-order valence-electron chi connectivity index (χ0n) is 12.6. The van der Waals surface area contributed by atoms with Crippen LogP contribution in [0.3, 0.4) is 0 Å². The number of hydrogen-bond acceptors (Lipinski definition) is 5. The normalized spacial score (nSPS) is 18.2. The number of nitrogens with zero attached hydrogens (tertiary/aromatic N) is 1. The number of nitrogens with two attached hydrogens (primary N) is 1. The maximum absolute atomic E-state index is 5.97. The van der Waals surface area contributed by atoms with E-state index in [0.29, 0.717) is 5.76 Å². The maximum atomic E-state index is 5.97. The standard InChI is InChI=1S/C16H20N2O3/c1-4-12(17)16-8-13(18-21-16)11-7-14-10(5-9(2)20-14)6-15(11)19-3/h6-9,12H,4-5,17H2,1-3H3. The minimum absolute atomic E-state index is 0.136. The van der Waals surface area contributed by atoms with Gasteiger partial charge >= 0.3 is 0 Å². The smallest absolute Gasteiger partial charge is 0.154 e. The van der Waals surface area contributed by atoms with Gasteiger partial charge in [-0.25, -0.2) is 0 Å². The first-order valence-corrected chi connectivity index (χ1v) is 7.22. The molecule has 0 saturated heterocycles. The second-order valence-corrected chi connectivity index (χ2v) is 5.42. The Kier molecular flexibility index (Phi) is 3.59. The summed E-state index contributed by atoms with van der Waals surface area (Å²) < 4.78 is 16.6. The zero-order chi connectivity index (χ0) is 15.0. The van der Waals surface area contributed by atoms with Crippen molar-refractivity contribution in [1.82, 2.24) is 5.16 Å². The predicted molar refractivity (Wildman–Crippen MR) is 79.5 cm³/mol. The van der Waals surface area contributed by atoms with E-state index < -0.39 is 0 Å². The molecule has 1 aromatic carbocycles. The van der Waals surface area contributed by atoms with Crippen LogP contribution in [0.2, 0.25) is 0 Å². The quantitative estimate of drug-likeness (QED) is 0.936. The van der Waals surface area contributed by atoms with E-state index >= 15 is 0 Å². The monoisotopic (exact) mass is 288 g/mol. The Hall–Kier alpha value is -2.01. The van der Waals surface area contributed by atoms with Crippen LogP contribution in [0.4, 0.5) is 0 Å². The number of ether oxygens (including phenoxy) is 2. The Labute approximate surface area is 124 Å². The topological polar surface area (TPSA) is 70.5 Å². The Morgan fingerprint density at radius 2 is 2.24 bits per heavy atom. The lowest BCUT2D eigenvalue weighted by Crippen LogP contribution is -2.06. The van der Waals surface area contributed by atoms with E-state index in [0.717, 1.165) is 41.2 Å². The number of aromatic nitrogens is 1. The highest BCUT2D eigenvalue weighted by Crippen LogP contribution is 2.39. The van der Waals surface area contributed by atoms with E-state index in [1.807, 2.05) is 25.1 Å². The molecule has 2 heterocycles. The van der Waals surface area contributed by atoms with Gasteiger partial charge in [-0.3, -0.25) is 0 Å². The summed E-state index contributed by atoms with van der Waals surface area (Å²) in [5.41, 5.74) is 8.72. The van der Waals surface area contributed by atoms with Crippen molar-refractivity contribution in [2.24, 2.45) is 5.73 Å². The predicted octanol–water partition coefficient (Wildman–Crippen LogP) is 3.08. The fraction of sp³-hybridized carbons (Fsp3) is 0.438. The molecule has 5 nitrogen and oxygen atoms in total. The van der Waals surface area contributed by atoms with Gasteiger partial charge in [-0.2, -0.15) is 0 Å². The van der Waals surface area contributed by atoms with Crippen molar-refractivity contribution in [3.8, 4) is 22.8 Å². The number of fused-ring (bicyclic) bond motifs is 1. The van der Waals surface area contributed by atoms with Crippen molar-refractivity contribution in [3.63, 3.8) is 0 Å². The molecule has 5 heteroatoms. The van der Waals surface area contributed by atoms with Gasteiger partial charge in [0.25, 0.3) is 0 Å². The lowest BCUT2D eigenvalue weighted by atomic mass is 10.0. The van der Waals surface area contributed by atoms with Gasteiger partial charge < -0.3 is 19.7 Å². The third-order valence-corrected chi connectivity index (χ3v) is 3.83. The molecular formula is C16H20N2O3. The molecule has 21 heavy (non-hydrogen) atoms. The van der Waals surface area contributed by atoms with E-state index in [4.69, 9.17) is 19.7 Å². The van der Waals surface area contributed by atoms with Crippen LogP contribution in [0.15, 0.2) is 22.7 Å². The molecule has 2 N–H and O–H groups in total. The van der Waals surface area contributed by atoms with Crippen molar-refractivity contribution in [2.45, 2.75) is 38.8 Å². The van der Waals surface area contributed by atoms with Crippen LogP contribution in [0.25, 0.3) is 11.3 Å². The van der Waals surface area contributed by atoms with Crippen LogP contribution in [0, 0.1) is 0 Å². The van der Waals surface area contributed by atoms with E-state index in [-0.39, 0.29) is 12.1 Å². The Morgan fingerprint density at radius 1 is 1.43 bits per heavy atom. The SMILES string of the molecule is CCC(N)c1cc(-c2cc3c(cc2OC)CC(C)O3)no1. The summed E-state index contributed by atoms with van der Waals surface area (Å²) in [6.45, 7) is 4.07. The summed E-state index contributed by atoms with van der Waals surface area (Å²) in [4.78, 5) is 0. The third kappa shape index (κ3) is 2.49. The van der Waals surface area contributed by atoms with Crippen LogP contribution in [-0.2, 0) is 6.42 Å². The van der Waals surface area contributed by atoms with Gasteiger partial charge in [0.1, 0.15) is 23.3 Å². The summed E-state index contributed by atoms with van der Waals surface area (Å²) in [5.74, 6) is 2.35. The van der Waals surface area contributed by atoms with Gasteiger partial charge in [-0.15, -0.1) is 0 Å². The zero-order valence-corrected chi connectivity index (χ0v) is 12.6. The van der Waals surface area contributed by atoms with Gasteiger partial charge in [0.15, 0.2) is 5.76 Å². The minimum atomic E-state index is -0.136. The lowest BCUT2D eigenvalue weighted by molar-refractivity contribution is 0.254. The molecule has 0 bridgehead atoms. The van der Waals surface area contributed by atoms with Crippen LogP contribution in [0.5, 0.6) is 11.5 Å². The summed E-state index contributed by atoms with van der Waals surface area (Å²) in [5, 5.41) is 4.12. The van der Waals surface area contributed by atoms with Crippen LogP contribution >= 0.6 is 0 Å². The van der Waals surface area contributed by atoms with E-state index in [2.05, 4.69) is 12.1 Å². The highest BCUT2D eigenvalue weighted by atomic mass is 16.5. The molecule has 112 valence electrons. The highest BCUT2D eigenvalue weighted by Gasteiger charge is 2.23. The van der Waals surface area contributed by atoms with E-state index in [9.17, 15) is 0 Å². The van der Waals surface area contributed by atoms with Crippen molar-refractivity contribution in [2.75, 3.05) is 7.11 Å². The fourth-order valence-corrected chi connectivity index (χ4v) is 2.60. The number of rotatable bonds is 4. The first-order chi connectivity index (χ1) is 10.1. The summed E-state index contributed by atoms with van der Waals surface area (Å²) in [6.07, 6.45) is 1.90. The van der Waals surface area contributed by atoms with E-state index in [1.54, 1.807) is 7.11 Å². The molecule has 3 rings (SSSR count). The van der Waals surface area contributed by atoms with E-state index in [1.165, 1.54) is 0 Å². The second-order valence-electron chi connectivity index (χ2n) is 5.42.